The van der Waals surface area contributed by atoms with E-state index in [-0.39, 0.29) is 18.5 Å². The van der Waals surface area contributed by atoms with Crippen molar-refractivity contribution in [1.82, 2.24) is 5.32 Å². The van der Waals surface area contributed by atoms with Gasteiger partial charge in [0, 0.05) is 11.1 Å². The molecule has 2 aliphatic rings. The van der Waals surface area contributed by atoms with E-state index in [0.29, 0.717) is 16.5 Å². The molecule has 0 unspecified atom stereocenters. The minimum absolute atomic E-state index is 0.0509. The maximum atomic E-state index is 12.7. The van der Waals surface area contributed by atoms with Gasteiger partial charge in [-0.15, -0.1) is 0 Å². The van der Waals surface area contributed by atoms with Crippen molar-refractivity contribution in [3.05, 3.63) is 23.2 Å². The lowest BCUT2D eigenvalue weighted by Crippen LogP contribution is -2.52. The Morgan fingerprint density at radius 2 is 1.85 bits per heavy atom. The Morgan fingerprint density at radius 1 is 1.19 bits per heavy atom. The molecule has 0 saturated heterocycles. The van der Waals surface area contributed by atoms with Gasteiger partial charge in [0.1, 0.15) is 5.75 Å². The SMILES string of the molecule is CS(=O)(=O)N1C[C@H](C(=O)NC2CCCCCCC2)Oc2ccc(Cl)cc21. The van der Waals surface area contributed by atoms with Crippen LogP contribution in [0.1, 0.15) is 44.9 Å². The topological polar surface area (TPSA) is 75.7 Å². The van der Waals surface area contributed by atoms with Crippen LogP contribution in [0.3, 0.4) is 0 Å². The monoisotopic (exact) mass is 400 g/mol. The summed E-state index contributed by atoms with van der Waals surface area (Å²) in [5.74, 6) is 0.0914. The molecule has 1 amide bonds. The summed E-state index contributed by atoms with van der Waals surface area (Å²) < 4.78 is 31.4. The van der Waals surface area contributed by atoms with Crippen LogP contribution >= 0.6 is 11.6 Å². The van der Waals surface area contributed by atoms with Gasteiger partial charge >= 0.3 is 0 Å². The number of nitrogens with zero attached hydrogens (tertiary/aromatic N) is 1. The molecule has 1 aliphatic heterocycles. The van der Waals surface area contributed by atoms with Crippen LogP contribution in [-0.2, 0) is 14.8 Å². The van der Waals surface area contributed by atoms with Gasteiger partial charge in [-0.1, -0.05) is 43.7 Å². The molecule has 1 heterocycles. The van der Waals surface area contributed by atoms with Crippen molar-refractivity contribution in [1.29, 1.82) is 0 Å². The minimum atomic E-state index is -3.55. The van der Waals surface area contributed by atoms with E-state index >= 15 is 0 Å². The van der Waals surface area contributed by atoms with Crippen LogP contribution in [0.4, 0.5) is 5.69 Å². The van der Waals surface area contributed by atoms with Crippen molar-refractivity contribution in [3.8, 4) is 5.75 Å². The summed E-state index contributed by atoms with van der Waals surface area (Å²) in [6.07, 6.45) is 8.03. The van der Waals surface area contributed by atoms with Crippen molar-refractivity contribution in [2.45, 2.75) is 57.1 Å². The first kappa shape index (κ1) is 19.3. The zero-order chi connectivity index (χ0) is 18.7. The van der Waals surface area contributed by atoms with E-state index < -0.39 is 16.1 Å². The second kappa shape index (κ2) is 8.05. The van der Waals surface area contributed by atoms with Gasteiger partial charge in [0.2, 0.25) is 10.0 Å². The maximum absolute atomic E-state index is 12.7. The number of sulfonamides is 1. The summed E-state index contributed by atoms with van der Waals surface area (Å²) in [6, 6.07) is 4.90. The number of fused-ring (bicyclic) bond motifs is 1. The molecule has 1 aromatic carbocycles. The molecule has 3 rings (SSSR count). The molecule has 0 aromatic heterocycles. The molecule has 1 aliphatic carbocycles. The van der Waals surface area contributed by atoms with E-state index in [0.717, 1.165) is 31.9 Å². The fourth-order valence-electron chi connectivity index (χ4n) is 3.57. The average Bonchev–Trinajstić information content (AvgIpc) is 2.55. The molecule has 26 heavy (non-hydrogen) atoms. The number of halogens is 1. The summed E-state index contributed by atoms with van der Waals surface area (Å²) in [5, 5.41) is 3.47. The van der Waals surface area contributed by atoms with Crippen LogP contribution in [0.15, 0.2) is 18.2 Å². The number of nitrogens with one attached hydrogen (secondary N) is 1. The van der Waals surface area contributed by atoms with E-state index in [1.165, 1.54) is 23.6 Å². The highest BCUT2D eigenvalue weighted by Gasteiger charge is 2.35. The number of benzene rings is 1. The Morgan fingerprint density at radius 3 is 2.50 bits per heavy atom. The predicted octanol–water partition coefficient (Wildman–Crippen LogP) is 3.10. The third-order valence-corrected chi connectivity index (χ3v) is 6.32. The minimum Gasteiger partial charge on any atom is -0.476 e. The van der Waals surface area contributed by atoms with E-state index in [9.17, 15) is 13.2 Å². The fourth-order valence-corrected chi connectivity index (χ4v) is 4.64. The Balaban J connectivity index is 1.76. The Kier molecular flexibility index (Phi) is 5.97. The van der Waals surface area contributed by atoms with E-state index in [1.54, 1.807) is 18.2 Å². The van der Waals surface area contributed by atoms with Crippen LogP contribution in [0.25, 0.3) is 0 Å². The molecule has 1 atom stereocenters. The lowest BCUT2D eigenvalue weighted by molar-refractivity contribution is -0.128. The summed E-state index contributed by atoms with van der Waals surface area (Å²) in [5.41, 5.74) is 0.370. The normalized spacial score (nSPS) is 21.9. The Hall–Kier alpha value is -1.47. The number of carbonyl (C=O) groups is 1. The second-order valence-electron chi connectivity index (χ2n) is 7.06. The zero-order valence-electron chi connectivity index (χ0n) is 14.9. The highest BCUT2D eigenvalue weighted by Crippen LogP contribution is 2.37. The van der Waals surface area contributed by atoms with Crippen molar-refractivity contribution in [2.75, 3.05) is 17.1 Å². The number of anilines is 1. The first-order valence-corrected chi connectivity index (χ1v) is 11.3. The summed E-state index contributed by atoms with van der Waals surface area (Å²) >= 11 is 5.99. The van der Waals surface area contributed by atoms with Gasteiger partial charge in [-0.3, -0.25) is 9.10 Å². The third kappa shape index (κ3) is 4.62. The summed E-state index contributed by atoms with van der Waals surface area (Å²) in [7, 11) is -3.55. The van der Waals surface area contributed by atoms with Crippen molar-refractivity contribution in [2.24, 2.45) is 0 Å². The molecule has 1 aromatic rings. The number of ether oxygens (including phenoxy) is 1. The summed E-state index contributed by atoms with van der Waals surface area (Å²) in [4.78, 5) is 12.7. The van der Waals surface area contributed by atoms with Gasteiger partial charge < -0.3 is 10.1 Å². The molecule has 1 saturated carbocycles. The van der Waals surface area contributed by atoms with E-state index in [2.05, 4.69) is 5.32 Å². The fraction of sp³-hybridized carbons (Fsp3) is 0.611. The molecule has 6 nitrogen and oxygen atoms in total. The number of hydrogen-bond acceptors (Lipinski definition) is 4. The first-order chi connectivity index (χ1) is 12.3. The quantitative estimate of drug-likeness (QED) is 0.845. The molecule has 1 fully saturated rings. The molecule has 0 spiro atoms. The number of carbonyl (C=O) groups excluding carboxylic acids is 1. The molecule has 1 N–H and O–H groups in total. The van der Waals surface area contributed by atoms with Gasteiger partial charge in [0.15, 0.2) is 6.10 Å². The van der Waals surface area contributed by atoms with Gasteiger partial charge in [0.25, 0.3) is 5.91 Å². The summed E-state index contributed by atoms with van der Waals surface area (Å²) in [6.45, 7) is -0.0509. The molecule has 8 heteroatoms. The largest absolute Gasteiger partial charge is 0.476 e. The second-order valence-corrected chi connectivity index (χ2v) is 9.41. The van der Waals surface area contributed by atoms with Crippen molar-refractivity contribution >= 4 is 33.2 Å². The smallest absolute Gasteiger partial charge is 0.263 e. The zero-order valence-corrected chi connectivity index (χ0v) is 16.5. The first-order valence-electron chi connectivity index (χ1n) is 9.09. The highest BCUT2D eigenvalue weighted by molar-refractivity contribution is 7.92. The standard InChI is InChI=1S/C18H25ClN2O4S/c1-26(23,24)21-12-17(25-16-10-9-13(19)11-15(16)21)18(22)20-14-7-5-3-2-4-6-8-14/h9-11,14,17H,2-8,12H2,1H3,(H,20,22)/t17-/m1/s1. The van der Waals surface area contributed by atoms with E-state index in [1.807, 2.05) is 0 Å². The van der Waals surface area contributed by atoms with Crippen molar-refractivity contribution in [3.63, 3.8) is 0 Å². The van der Waals surface area contributed by atoms with Gasteiger partial charge in [-0.2, -0.15) is 0 Å². The number of rotatable bonds is 3. The molecule has 144 valence electrons. The number of hydrogen-bond donors (Lipinski definition) is 1. The van der Waals surface area contributed by atoms with Gasteiger partial charge in [0.05, 0.1) is 18.5 Å². The maximum Gasteiger partial charge on any atom is 0.263 e. The lowest BCUT2D eigenvalue weighted by Gasteiger charge is -2.34. The van der Waals surface area contributed by atoms with Crippen LogP contribution in [0, 0.1) is 0 Å². The van der Waals surface area contributed by atoms with Crippen LogP contribution in [0.2, 0.25) is 5.02 Å². The van der Waals surface area contributed by atoms with Crippen LogP contribution in [0.5, 0.6) is 5.75 Å². The van der Waals surface area contributed by atoms with Crippen molar-refractivity contribution < 1.29 is 17.9 Å². The Labute approximate surface area is 159 Å². The third-order valence-electron chi connectivity index (χ3n) is 4.93. The molecule has 0 radical (unpaired) electrons. The Bertz CT molecular complexity index is 760. The lowest BCUT2D eigenvalue weighted by atomic mass is 9.96. The van der Waals surface area contributed by atoms with Gasteiger partial charge in [-0.25, -0.2) is 8.42 Å². The van der Waals surface area contributed by atoms with Crippen LogP contribution in [-0.4, -0.2) is 39.3 Å². The van der Waals surface area contributed by atoms with Crippen LogP contribution < -0.4 is 14.4 Å². The predicted molar refractivity (Wildman–Crippen MR) is 102 cm³/mol. The number of amides is 1. The van der Waals surface area contributed by atoms with Gasteiger partial charge in [-0.05, 0) is 31.0 Å². The molecule has 0 bridgehead atoms. The average molecular weight is 401 g/mol. The molecular weight excluding hydrogens is 376 g/mol. The molecular formula is C18H25ClN2O4S. The highest BCUT2D eigenvalue weighted by atomic mass is 35.5. The van der Waals surface area contributed by atoms with E-state index in [4.69, 9.17) is 16.3 Å².